The van der Waals surface area contributed by atoms with Crippen molar-refractivity contribution in [3.8, 4) is 17.2 Å². The number of ether oxygens (including phenoxy) is 3. The molecule has 1 unspecified atom stereocenters. The number of aliphatic imine (C=N–C) groups is 1. The molecule has 0 saturated carbocycles. The van der Waals surface area contributed by atoms with Gasteiger partial charge in [-0.05, 0) is 25.5 Å². The van der Waals surface area contributed by atoms with E-state index in [0.717, 1.165) is 18.5 Å². The fraction of sp³-hybridized carbons (Fsp3) is 0.455. The first kappa shape index (κ1) is 22.5. The Kier molecular flexibility index (Phi) is 7.75. The van der Waals surface area contributed by atoms with Crippen molar-refractivity contribution in [2.45, 2.75) is 25.9 Å². The zero-order valence-electron chi connectivity index (χ0n) is 18.4. The van der Waals surface area contributed by atoms with Gasteiger partial charge in [0.2, 0.25) is 0 Å². The molecule has 168 valence electrons. The van der Waals surface area contributed by atoms with E-state index in [1.165, 1.54) is 6.07 Å². The smallest absolute Gasteiger partial charge is 0.191 e. The summed E-state index contributed by atoms with van der Waals surface area (Å²) in [6, 6.07) is 6.78. The molecule has 0 radical (unpaired) electrons. The lowest BCUT2D eigenvalue weighted by Gasteiger charge is -2.20. The number of nitrogens with zero attached hydrogens (tertiary/aromatic N) is 3. The SMILES string of the molecule is CCNC(=NCc1c(OC)cc(OC)cc1OC)NC1CCN(c2ncccc2F)C1. The van der Waals surface area contributed by atoms with Crippen molar-refractivity contribution in [2.24, 2.45) is 4.99 Å². The van der Waals surface area contributed by atoms with Crippen molar-refractivity contribution in [1.29, 1.82) is 0 Å². The third-order valence-electron chi connectivity index (χ3n) is 5.12. The largest absolute Gasteiger partial charge is 0.496 e. The van der Waals surface area contributed by atoms with Crippen LogP contribution in [0, 0.1) is 5.82 Å². The number of hydrogen-bond acceptors (Lipinski definition) is 6. The topological polar surface area (TPSA) is 80.2 Å². The Hall–Kier alpha value is -3.23. The molecule has 0 aliphatic carbocycles. The summed E-state index contributed by atoms with van der Waals surface area (Å²) >= 11 is 0. The van der Waals surface area contributed by atoms with E-state index in [1.807, 2.05) is 24.0 Å². The quantitative estimate of drug-likeness (QED) is 0.491. The van der Waals surface area contributed by atoms with Crippen LogP contribution in [-0.2, 0) is 6.54 Å². The van der Waals surface area contributed by atoms with Gasteiger partial charge in [-0.25, -0.2) is 14.4 Å². The molecule has 1 aromatic carbocycles. The van der Waals surface area contributed by atoms with E-state index in [0.29, 0.717) is 48.7 Å². The van der Waals surface area contributed by atoms with Crippen LogP contribution in [0.15, 0.2) is 35.5 Å². The minimum atomic E-state index is -0.303. The molecule has 0 bridgehead atoms. The Morgan fingerprint density at radius 3 is 2.58 bits per heavy atom. The van der Waals surface area contributed by atoms with E-state index < -0.39 is 0 Å². The molecule has 1 aliphatic rings. The molecule has 1 atom stereocenters. The minimum Gasteiger partial charge on any atom is -0.496 e. The molecule has 0 amide bonds. The molecule has 8 nitrogen and oxygen atoms in total. The number of guanidine groups is 1. The molecule has 1 aromatic heterocycles. The Morgan fingerprint density at radius 1 is 1.23 bits per heavy atom. The van der Waals surface area contributed by atoms with E-state index in [2.05, 4.69) is 15.6 Å². The molecule has 2 N–H and O–H groups in total. The first-order valence-electron chi connectivity index (χ1n) is 10.3. The predicted molar refractivity (Wildman–Crippen MR) is 119 cm³/mol. The van der Waals surface area contributed by atoms with Crippen molar-refractivity contribution in [1.82, 2.24) is 15.6 Å². The van der Waals surface area contributed by atoms with Crippen LogP contribution in [0.4, 0.5) is 10.2 Å². The monoisotopic (exact) mass is 431 g/mol. The van der Waals surface area contributed by atoms with Gasteiger partial charge in [-0.2, -0.15) is 0 Å². The van der Waals surface area contributed by atoms with E-state index in [4.69, 9.17) is 19.2 Å². The van der Waals surface area contributed by atoms with E-state index in [1.54, 1.807) is 33.6 Å². The summed E-state index contributed by atoms with van der Waals surface area (Å²) < 4.78 is 30.4. The van der Waals surface area contributed by atoms with Crippen molar-refractivity contribution in [2.75, 3.05) is 45.9 Å². The summed E-state index contributed by atoms with van der Waals surface area (Å²) in [5.41, 5.74) is 0.826. The summed E-state index contributed by atoms with van der Waals surface area (Å²) in [6.45, 7) is 4.46. The highest BCUT2D eigenvalue weighted by atomic mass is 19.1. The van der Waals surface area contributed by atoms with Gasteiger partial charge in [-0.3, -0.25) is 0 Å². The summed E-state index contributed by atoms with van der Waals surface area (Å²) in [5, 5.41) is 6.71. The molecular formula is C22H30FN5O3. The number of anilines is 1. The second-order valence-electron chi connectivity index (χ2n) is 7.09. The molecule has 9 heteroatoms. The Morgan fingerprint density at radius 2 is 1.97 bits per heavy atom. The molecule has 2 heterocycles. The highest BCUT2D eigenvalue weighted by Crippen LogP contribution is 2.34. The summed E-state index contributed by atoms with van der Waals surface area (Å²) in [4.78, 5) is 10.8. The molecule has 1 fully saturated rings. The number of methoxy groups -OCH3 is 3. The van der Waals surface area contributed by atoms with Crippen molar-refractivity contribution in [3.05, 3.63) is 41.8 Å². The van der Waals surface area contributed by atoms with Crippen LogP contribution in [0.5, 0.6) is 17.2 Å². The van der Waals surface area contributed by atoms with E-state index >= 15 is 0 Å². The Labute approximate surface area is 182 Å². The van der Waals surface area contributed by atoms with Gasteiger partial charge < -0.3 is 29.7 Å². The highest BCUT2D eigenvalue weighted by Gasteiger charge is 2.26. The lowest BCUT2D eigenvalue weighted by atomic mass is 10.1. The fourth-order valence-electron chi connectivity index (χ4n) is 3.59. The molecule has 1 saturated heterocycles. The normalized spacial score (nSPS) is 16.2. The lowest BCUT2D eigenvalue weighted by Crippen LogP contribution is -2.44. The maximum absolute atomic E-state index is 14.1. The van der Waals surface area contributed by atoms with Gasteiger partial charge in [0.15, 0.2) is 17.6 Å². The van der Waals surface area contributed by atoms with Crippen LogP contribution >= 0.6 is 0 Å². The molecule has 2 aromatic rings. The zero-order valence-corrected chi connectivity index (χ0v) is 18.4. The maximum Gasteiger partial charge on any atom is 0.191 e. The van der Waals surface area contributed by atoms with Gasteiger partial charge in [0.1, 0.15) is 17.2 Å². The molecule has 31 heavy (non-hydrogen) atoms. The molecule has 1 aliphatic heterocycles. The summed E-state index contributed by atoms with van der Waals surface area (Å²) in [7, 11) is 4.81. The van der Waals surface area contributed by atoms with Crippen LogP contribution in [0.1, 0.15) is 18.9 Å². The number of halogens is 1. The Bertz CT molecular complexity index is 883. The predicted octanol–water partition coefficient (Wildman–Crippen LogP) is 2.58. The van der Waals surface area contributed by atoms with Gasteiger partial charge in [0.25, 0.3) is 0 Å². The second-order valence-corrected chi connectivity index (χ2v) is 7.09. The van der Waals surface area contributed by atoms with Gasteiger partial charge in [-0.1, -0.05) is 0 Å². The molecule has 3 rings (SSSR count). The first-order chi connectivity index (χ1) is 15.1. The number of pyridine rings is 1. The highest BCUT2D eigenvalue weighted by molar-refractivity contribution is 5.80. The van der Waals surface area contributed by atoms with Gasteiger partial charge in [0, 0.05) is 44.0 Å². The number of benzene rings is 1. The minimum absolute atomic E-state index is 0.124. The number of aromatic nitrogens is 1. The van der Waals surface area contributed by atoms with Crippen LogP contribution in [0.3, 0.4) is 0 Å². The van der Waals surface area contributed by atoms with E-state index in [-0.39, 0.29) is 11.9 Å². The zero-order chi connectivity index (χ0) is 22.2. The van der Waals surface area contributed by atoms with Gasteiger partial charge >= 0.3 is 0 Å². The van der Waals surface area contributed by atoms with Crippen molar-refractivity contribution < 1.29 is 18.6 Å². The third kappa shape index (κ3) is 5.48. The lowest BCUT2D eigenvalue weighted by molar-refractivity contribution is 0.369. The van der Waals surface area contributed by atoms with Crippen molar-refractivity contribution >= 4 is 11.8 Å². The number of hydrogen-bond donors (Lipinski definition) is 2. The van der Waals surface area contributed by atoms with Gasteiger partial charge in [-0.15, -0.1) is 0 Å². The van der Waals surface area contributed by atoms with E-state index in [9.17, 15) is 4.39 Å². The van der Waals surface area contributed by atoms with Crippen LogP contribution in [0.25, 0.3) is 0 Å². The summed E-state index contributed by atoms with van der Waals surface area (Å²) in [6.07, 6.45) is 2.47. The summed E-state index contributed by atoms with van der Waals surface area (Å²) in [5.74, 6) is 2.71. The Balaban J connectivity index is 1.72. The molecular weight excluding hydrogens is 401 g/mol. The molecule has 0 spiro atoms. The average Bonchev–Trinajstić information content (AvgIpc) is 3.25. The van der Waals surface area contributed by atoms with Crippen LogP contribution in [-0.4, -0.2) is 57.9 Å². The fourth-order valence-corrected chi connectivity index (χ4v) is 3.59. The maximum atomic E-state index is 14.1. The average molecular weight is 432 g/mol. The standard InChI is InChI=1S/C22H30FN5O3/c1-5-24-22(26-13-17-19(30-3)11-16(29-2)12-20(17)31-4)27-15-8-10-28(14-15)21-18(23)7-6-9-25-21/h6-7,9,11-12,15H,5,8,10,13-14H2,1-4H3,(H2,24,26,27). The third-order valence-corrected chi connectivity index (χ3v) is 5.12. The first-order valence-corrected chi connectivity index (χ1v) is 10.3. The second kappa shape index (κ2) is 10.7. The van der Waals surface area contributed by atoms with Gasteiger partial charge in [0.05, 0.1) is 33.4 Å². The number of nitrogens with one attached hydrogen (secondary N) is 2. The van der Waals surface area contributed by atoms with Crippen LogP contribution in [0.2, 0.25) is 0 Å². The van der Waals surface area contributed by atoms with Crippen LogP contribution < -0.4 is 29.7 Å². The number of rotatable bonds is 8. The van der Waals surface area contributed by atoms with Crippen molar-refractivity contribution in [3.63, 3.8) is 0 Å².